The molecule has 0 heterocycles. The first-order valence-corrected chi connectivity index (χ1v) is 6.97. The molecule has 0 atom stereocenters. The molecule has 0 spiro atoms. The average molecular weight is 277 g/mol. The Morgan fingerprint density at radius 1 is 1.35 bits per heavy atom. The lowest BCUT2D eigenvalue weighted by Gasteiger charge is -2.10. The van der Waals surface area contributed by atoms with Crippen molar-refractivity contribution in [2.75, 3.05) is 17.7 Å². The first-order valence-electron chi connectivity index (χ1n) is 4.95. The van der Waals surface area contributed by atoms with Crippen LogP contribution in [0.2, 0.25) is 0 Å². The molecule has 0 aromatic heterocycles. The number of hydrogen-bond acceptors (Lipinski definition) is 3. The van der Waals surface area contributed by atoms with Gasteiger partial charge in [0, 0.05) is 6.54 Å². The van der Waals surface area contributed by atoms with Gasteiger partial charge in [0.15, 0.2) is 0 Å². The second kappa shape index (κ2) is 6.00. The van der Waals surface area contributed by atoms with Gasteiger partial charge in [-0.25, -0.2) is 13.1 Å². The fourth-order valence-corrected chi connectivity index (χ4v) is 2.52. The van der Waals surface area contributed by atoms with Crippen molar-refractivity contribution in [3.8, 4) is 0 Å². The van der Waals surface area contributed by atoms with Crippen LogP contribution in [-0.4, -0.2) is 26.7 Å². The number of carbonyl (C=O) groups is 1. The summed E-state index contributed by atoms with van der Waals surface area (Å²) in [5, 5.41) is 2.43. The molecule has 0 bridgehead atoms. The zero-order chi connectivity index (χ0) is 12.9. The maximum atomic E-state index is 11.8. The third kappa shape index (κ3) is 3.69. The predicted octanol–water partition coefficient (Wildman–Crippen LogP) is 1.16. The second-order valence-corrected chi connectivity index (χ2v) is 5.18. The Hall–Kier alpha value is -1.11. The highest BCUT2D eigenvalue weighted by Gasteiger charge is 2.17. The summed E-state index contributed by atoms with van der Waals surface area (Å²) in [4.78, 5) is 11.2. The number of alkyl halides is 1. The van der Waals surface area contributed by atoms with Gasteiger partial charge in [0.1, 0.15) is 10.8 Å². The molecule has 1 aromatic carbocycles. The third-order valence-corrected chi connectivity index (χ3v) is 3.75. The molecular weight excluding hydrogens is 264 g/mol. The molecule has 7 heteroatoms. The largest absolute Gasteiger partial charge is 0.324 e. The quantitative estimate of drug-likeness (QED) is 0.793. The van der Waals surface area contributed by atoms with Gasteiger partial charge in [-0.1, -0.05) is 19.1 Å². The van der Waals surface area contributed by atoms with Crippen LogP contribution in [-0.2, 0) is 14.8 Å². The fraction of sp³-hybridized carbons (Fsp3) is 0.300. The first-order chi connectivity index (χ1) is 8.01. The molecule has 2 N–H and O–H groups in total. The van der Waals surface area contributed by atoms with Crippen LogP contribution >= 0.6 is 11.6 Å². The van der Waals surface area contributed by atoms with E-state index in [0.717, 1.165) is 0 Å². The molecule has 0 fully saturated rings. The molecule has 0 radical (unpaired) electrons. The normalized spacial score (nSPS) is 11.2. The standard InChI is InChI=1S/C10H13ClN2O3S/c1-2-12-17(15,16)9-6-4-3-5-8(9)13-10(14)7-11/h3-6,12H,2,7H2,1H3,(H,13,14). The van der Waals surface area contributed by atoms with Crippen LogP contribution in [0.1, 0.15) is 6.92 Å². The molecule has 1 aromatic rings. The number of sulfonamides is 1. The predicted molar refractivity (Wildman–Crippen MR) is 66.7 cm³/mol. The summed E-state index contributed by atoms with van der Waals surface area (Å²) < 4.78 is 26.0. The average Bonchev–Trinajstić information content (AvgIpc) is 2.29. The van der Waals surface area contributed by atoms with Crippen LogP contribution in [0.3, 0.4) is 0 Å². The van der Waals surface area contributed by atoms with Crippen molar-refractivity contribution < 1.29 is 13.2 Å². The molecule has 0 aliphatic heterocycles. The summed E-state index contributed by atoms with van der Waals surface area (Å²) >= 11 is 5.35. The van der Waals surface area contributed by atoms with E-state index >= 15 is 0 Å². The van der Waals surface area contributed by atoms with Gasteiger partial charge in [0.2, 0.25) is 15.9 Å². The number of benzene rings is 1. The summed E-state index contributed by atoms with van der Waals surface area (Å²) in [5.41, 5.74) is 0.221. The molecule has 0 aliphatic carbocycles. The molecule has 5 nitrogen and oxygen atoms in total. The van der Waals surface area contributed by atoms with Crippen LogP contribution in [0.25, 0.3) is 0 Å². The van der Waals surface area contributed by atoms with Gasteiger partial charge in [-0.05, 0) is 12.1 Å². The summed E-state index contributed by atoms with van der Waals surface area (Å²) in [6, 6.07) is 6.14. The number of halogens is 1. The highest BCUT2D eigenvalue weighted by Crippen LogP contribution is 2.20. The van der Waals surface area contributed by atoms with E-state index in [1.807, 2.05) is 0 Å². The van der Waals surface area contributed by atoms with Crippen molar-refractivity contribution in [1.82, 2.24) is 4.72 Å². The zero-order valence-electron chi connectivity index (χ0n) is 9.23. The van der Waals surface area contributed by atoms with E-state index in [1.54, 1.807) is 19.1 Å². The van der Waals surface area contributed by atoms with Crippen molar-refractivity contribution in [2.45, 2.75) is 11.8 Å². The van der Waals surface area contributed by atoms with E-state index < -0.39 is 15.9 Å². The minimum absolute atomic E-state index is 0.0281. The van der Waals surface area contributed by atoms with Crippen LogP contribution in [0.4, 0.5) is 5.69 Å². The Morgan fingerprint density at radius 3 is 2.59 bits per heavy atom. The smallest absolute Gasteiger partial charge is 0.242 e. The number of carbonyl (C=O) groups excluding carboxylic acids is 1. The van der Waals surface area contributed by atoms with Crippen LogP contribution in [0.5, 0.6) is 0 Å². The molecule has 0 unspecified atom stereocenters. The molecule has 1 rings (SSSR count). The Morgan fingerprint density at radius 2 is 2.00 bits per heavy atom. The number of anilines is 1. The van der Waals surface area contributed by atoms with E-state index in [0.29, 0.717) is 0 Å². The van der Waals surface area contributed by atoms with Crippen molar-refractivity contribution in [1.29, 1.82) is 0 Å². The molecule has 0 saturated heterocycles. The minimum atomic E-state index is -3.60. The lowest BCUT2D eigenvalue weighted by Crippen LogP contribution is -2.25. The van der Waals surface area contributed by atoms with Gasteiger partial charge < -0.3 is 5.32 Å². The number of hydrogen-bond donors (Lipinski definition) is 2. The fourth-order valence-electron chi connectivity index (χ4n) is 1.26. The molecule has 94 valence electrons. The van der Waals surface area contributed by atoms with E-state index in [1.165, 1.54) is 12.1 Å². The maximum absolute atomic E-state index is 11.8. The van der Waals surface area contributed by atoms with Gasteiger partial charge >= 0.3 is 0 Å². The highest BCUT2D eigenvalue weighted by atomic mass is 35.5. The monoisotopic (exact) mass is 276 g/mol. The van der Waals surface area contributed by atoms with Crippen LogP contribution in [0, 0.1) is 0 Å². The van der Waals surface area contributed by atoms with Crippen LogP contribution < -0.4 is 10.0 Å². The molecule has 17 heavy (non-hydrogen) atoms. The van der Waals surface area contributed by atoms with E-state index in [-0.39, 0.29) is 23.0 Å². The van der Waals surface area contributed by atoms with E-state index in [4.69, 9.17) is 11.6 Å². The van der Waals surface area contributed by atoms with Crippen molar-refractivity contribution in [2.24, 2.45) is 0 Å². The Kier molecular flexibility index (Phi) is 4.92. The molecule has 0 saturated carbocycles. The van der Waals surface area contributed by atoms with Gasteiger partial charge in [-0.15, -0.1) is 11.6 Å². The van der Waals surface area contributed by atoms with Crippen LogP contribution in [0.15, 0.2) is 29.2 Å². The SMILES string of the molecule is CCNS(=O)(=O)c1ccccc1NC(=O)CCl. The third-order valence-electron chi connectivity index (χ3n) is 1.91. The van der Waals surface area contributed by atoms with Gasteiger partial charge in [0.25, 0.3) is 0 Å². The van der Waals surface area contributed by atoms with E-state index in [9.17, 15) is 13.2 Å². The number of nitrogens with one attached hydrogen (secondary N) is 2. The van der Waals surface area contributed by atoms with Crippen molar-refractivity contribution in [3.63, 3.8) is 0 Å². The summed E-state index contributed by atoms with van der Waals surface area (Å²) in [7, 11) is -3.60. The topological polar surface area (TPSA) is 75.3 Å². The minimum Gasteiger partial charge on any atom is -0.324 e. The van der Waals surface area contributed by atoms with Gasteiger partial charge in [0.05, 0.1) is 5.69 Å². The zero-order valence-corrected chi connectivity index (χ0v) is 10.8. The Labute approximate surface area is 105 Å². The number of rotatable bonds is 5. The van der Waals surface area contributed by atoms with Crippen molar-refractivity contribution >= 4 is 33.2 Å². The maximum Gasteiger partial charge on any atom is 0.242 e. The number of amides is 1. The summed E-state index contributed by atoms with van der Waals surface area (Å²) in [6.07, 6.45) is 0. The van der Waals surface area contributed by atoms with E-state index in [2.05, 4.69) is 10.0 Å². The molecule has 0 aliphatic rings. The second-order valence-electron chi connectivity index (χ2n) is 3.18. The summed E-state index contributed by atoms with van der Waals surface area (Å²) in [6.45, 7) is 1.96. The number of para-hydroxylation sites is 1. The lowest BCUT2D eigenvalue weighted by molar-refractivity contribution is -0.113. The Balaban J connectivity index is 3.12. The summed E-state index contributed by atoms with van der Waals surface area (Å²) in [5.74, 6) is -0.680. The van der Waals surface area contributed by atoms with Gasteiger partial charge in [-0.3, -0.25) is 4.79 Å². The molecular formula is C10H13ClN2O3S. The lowest BCUT2D eigenvalue weighted by atomic mass is 10.3. The van der Waals surface area contributed by atoms with Crippen molar-refractivity contribution in [3.05, 3.63) is 24.3 Å². The molecule has 1 amide bonds. The Bertz CT molecular complexity index is 502. The first kappa shape index (κ1) is 14.0. The highest BCUT2D eigenvalue weighted by molar-refractivity contribution is 7.89. The van der Waals surface area contributed by atoms with Gasteiger partial charge in [-0.2, -0.15) is 0 Å².